The number of rotatable bonds is 2. The molecule has 0 amide bonds. The van der Waals surface area contributed by atoms with Crippen LogP contribution >= 0.6 is 0 Å². The summed E-state index contributed by atoms with van der Waals surface area (Å²) in [7, 11) is 0. The number of nitrogens with two attached hydrogens (primary N) is 1. The Morgan fingerprint density at radius 1 is 1.09 bits per heavy atom. The lowest BCUT2D eigenvalue weighted by molar-refractivity contribution is -0.377. The fourth-order valence-corrected chi connectivity index (χ4v) is 2.71. The van der Waals surface area contributed by atoms with Gasteiger partial charge in [0, 0.05) is 22.8 Å². The van der Waals surface area contributed by atoms with Crippen LogP contribution in [0.2, 0.25) is 0 Å². The average Bonchev–Trinajstić information content (AvgIpc) is 2.58. The van der Waals surface area contributed by atoms with Gasteiger partial charge in [-0.1, -0.05) is 29.8 Å². The molecule has 0 aliphatic rings. The molecule has 0 saturated heterocycles. The van der Waals surface area contributed by atoms with Gasteiger partial charge in [0.15, 0.2) is 12.4 Å². The summed E-state index contributed by atoms with van der Waals surface area (Å²) in [6.07, 6.45) is 3.69. The summed E-state index contributed by atoms with van der Waals surface area (Å²) in [5.74, 6) is 0.257. The summed E-state index contributed by atoms with van der Waals surface area (Å²) >= 11 is 0. The molecule has 0 fully saturated rings. The maximum absolute atomic E-state index is 9.50. The molecule has 23 heavy (non-hydrogen) atoms. The van der Waals surface area contributed by atoms with E-state index in [4.69, 9.17) is 5.73 Å². The molecule has 1 aromatic carbocycles. The highest BCUT2D eigenvalue weighted by Crippen LogP contribution is 2.35. The predicted molar refractivity (Wildman–Crippen MR) is 90.3 cm³/mol. The van der Waals surface area contributed by atoms with Crippen molar-refractivity contribution in [2.75, 3.05) is 5.73 Å². The molecular weight excluding hydrogens is 284 g/mol. The molecule has 0 aliphatic heterocycles. The van der Waals surface area contributed by atoms with Gasteiger partial charge in [0.25, 0.3) is 0 Å². The first-order valence-corrected chi connectivity index (χ1v) is 7.35. The molecule has 0 saturated carbocycles. The third kappa shape index (κ3) is 2.65. The number of nitrogens with one attached hydrogen (secondary N) is 1. The number of hydrogen-bond acceptors (Lipinski definition) is 3. The molecule has 3 rings (SSSR count). The van der Waals surface area contributed by atoms with Crippen LogP contribution in [0.15, 0.2) is 48.8 Å². The number of aryl methyl sites for hydroxylation is 1. The van der Waals surface area contributed by atoms with Crippen LogP contribution in [-0.2, 0) is 0 Å². The Bertz CT molecular complexity index is 891. The van der Waals surface area contributed by atoms with Crippen LogP contribution in [0.4, 0.5) is 5.82 Å². The summed E-state index contributed by atoms with van der Waals surface area (Å²) in [5, 5.41) is 9.50. The normalized spacial score (nSPS) is 10.3. The lowest BCUT2D eigenvalue weighted by Gasteiger charge is -2.14. The lowest BCUT2D eigenvalue weighted by Crippen LogP contribution is -2.05. The summed E-state index contributed by atoms with van der Waals surface area (Å²) in [4.78, 5) is 7.53. The van der Waals surface area contributed by atoms with Crippen molar-refractivity contribution in [2.24, 2.45) is 0 Å². The number of nitrogen functional groups attached to an aromatic ring is 1. The number of H-pyrrole nitrogens is 1. The van der Waals surface area contributed by atoms with Crippen molar-refractivity contribution < 1.29 is 4.98 Å². The summed E-state index contributed by atoms with van der Waals surface area (Å²) < 4.78 is 0. The molecule has 0 unspecified atom stereocenters. The van der Waals surface area contributed by atoms with E-state index in [1.807, 2.05) is 62.6 Å². The van der Waals surface area contributed by atoms with E-state index in [2.05, 4.69) is 16.0 Å². The van der Waals surface area contributed by atoms with Crippen LogP contribution < -0.4 is 10.7 Å². The average molecular weight is 301 g/mol. The van der Waals surface area contributed by atoms with Crippen LogP contribution in [-0.4, -0.2) is 4.98 Å². The van der Waals surface area contributed by atoms with Gasteiger partial charge in [-0.05, 0) is 25.5 Å². The molecule has 0 radical (unpaired) electrons. The minimum absolute atomic E-state index is 0.257. The Hall–Kier alpha value is -3.19. The Balaban J connectivity index is 2.31. The molecule has 2 aromatic heterocycles. The van der Waals surface area contributed by atoms with Gasteiger partial charge in [-0.25, -0.2) is 9.97 Å². The van der Waals surface area contributed by atoms with E-state index >= 15 is 0 Å². The second kappa shape index (κ2) is 5.90. The van der Waals surface area contributed by atoms with E-state index in [1.54, 1.807) is 0 Å². The van der Waals surface area contributed by atoms with Crippen LogP contribution in [0.25, 0.3) is 22.4 Å². The number of pyridine rings is 2. The minimum atomic E-state index is 0.257. The molecule has 0 atom stereocenters. The van der Waals surface area contributed by atoms with Crippen LogP contribution in [0.3, 0.4) is 0 Å². The number of hydrogen-bond donors (Lipinski definition) is 1. The van der Waals surface area contributed by atoms with Crippen LogP contribution in [0, 0.1) is 25.2 Å². The SMILES string of the molecule is Cc1ccc(-c2nc(N)c(C#N)c(-c3ccc[nH+]c3)c2C)cc1. The molecule has 0 spiro atoms. The standard InChI is InChI=1S/C19H16N4/c1-12-5-7-14(8-6-12)18-13(2)17(15-4-3-9-22-11-15)16(10-20)19(21)23-18/h3-9,11H,1-2H3,(H2,21,23)/p+1. The van der Waals surface area contributed by atoms with E-state index < -0.39 is 0 Å². The predicted octanol–water partition coefficient (Wildman–Crippen LogP) is 3.30. The number of aromatic amines is 1. The summed E-state index contributed by atoms with van der Waals surface area (Å²) in [5.41, 5.74) is 12.2. The Kier molecular flexibility index (Phi) is 3.78. The van der Waals surface area contributed by atoms with E-state index in [1.165, 1.54) is 5.56 Å². The first-order valence-electron chi connectivity index (χ1n) is 7.35. The molecule has 112 valence electrons. The van der Waals surface area contributed by atoms with Crippen LogP contribution in [0.1, 0.15) is 16.7 Å². The monoisotopic (exact) mass is 301 g/mol. The molecule has 4 heteroatoms. The molecule has 0 bridgehead atoms. The highest BCUT2D eigenvalue weighted by atomic mass is 14.9. The zero-order chi connectivity index (χ0) is 16.4. The summed E-state index contributed by atoms with van der Waals surface area (Å²) in [6.45, 7) is 4.02. The molecule has 2 heterocycles. The van der Waals surface area contributed by atoms with Crippen molar-refractivity contribution in [1.82, 2.24) is 4.98 Å². The third-order valence-electron chi connectivity index (χ3n) is 3.90. The van der Waals surface area contributed by atoms with Gasteiger partial charge in [-0.2, -0.15) is 5.26 Å². The number of nitrogens with zero attached hydrogens (tertiary/aromatic N) is 2. The maximum atomic E-state index is 9.50. The molecule has 4 nitrogen and oxygen atoms in total. The first kappa shape index (κ1) is 14.7. The van der Waals surface area contributed by atoms with Gasteiger partial charge >= 0.3 is 0 Å². The first-order chi connectivity index (χ1) is 11.1. The second-order valence-corrected chi connectivity index (χ2v) is 5.49. The third-order valence-corrected chi connectivity index (χ3v) is 3.90. The fourth-order valence-electron chi connectivity index (χ4n) is 2.71. The molecule has 0 aliphatic carbocycles. The minimum Gasteiger partial charge on any atom is -0.383 e. The number of anilines is 1. The highest BCUT2D eigenvalue weighted by Gasteiger charge is 2.19. The van der Waals surface area contributed by atoms with Gasteiger partial charge in [0.1, 0.15) is 17.5 Å². The van der Waals surface area contributed by atoms with Gasteiger partial charge < -0.3 is 5.73 Å². The quantitative estimate of drug-likeness (QED) is 0.789. The highest BCUT2D eigenvalue weighted by molar-refractivity contribution is 5.83. The number of nitriles is 1. The van der Waals surface area contributed by atoms with Gasteiger partial charge in [-0.15, -0.1) is 0 Å². The van der Waals surface area contributed by atoms with E-state index in [-0.39, 0.29) is 5.82 Å². The zero-order valence-corrected chi connectivity index (χ0v) is 13.1. The molecular formula is C19H17N4+. The van der Waals surface area contributed by atoms with E-state index in [9.17, 15) is 5.26 Å². The number of benzene rings is 1. The van der Waals surface area contributed by atoms with Crippen molar-refractivity contribution in [3.8, 4) is 28.5 Å². The van der Waals surface area contributed by atoms with Crippen molar-refractivity contribution in [3.05, 3.63) is 65.5 Å². The Labute approximate surface area is 135 Å². The largest absolute Gasteiger partial charge is 0.383 e. The van der Waals surface area contributed by atoms with Crippen molar-refractivity contribution in [3.63, 3.8) is 0 Å². The van der Waals surface area contributed by atoms with Crippen LogP contribution in [0.5, 0.6) is 0 Å². The van der Waals surface area contributed by atoms with Crippen molar-refractivity contribution in [2.45, 2.75) is 13.8 Å². The van der Waals surface area contributed by atoms with Crippen molar-refractivity contribution in [1.29, 1.82) is 5.26 Å². The van der Waals surface area contributed by atoms with Gasteiger partial charge in [0.2, 0.25) is 0 Å². The smallest absolute Gasteiger partial charge is 0.174 e. The molecule has 3 N–H and O–H groups in total. The topological polar surface area (TPSA) is 76.8 Å². The zero-order valence-electron chi connectivity index (χ0n) is 13.1. The lowest BCUT2D eigenvalue weighted by atomic mass is 9.93. The Morgan fingerprint density at radius 2 is 1.83 bits per heavy atom. The van der Waals surface area contributed by atoms with Crippen molar-refractivity contribution >= 4 is 5.82 Å². The Morgan fingerprint density at radius 3 is 2.43 bits per heavy atom. The second-order valence-electron chi connectivity index (χ2n) is 5.49. The summed E-state index contributed by atoms with van der Waals surface area (Å²) in [6, 6.07) is 14.2. The maximum Gasteiger partial charge on any atom is 0.174 e. The molecule has 3 aromatic rings. The fraction of sp³-hybridized carbons (Fsp3) is 0.105. The number of aromatic nitrogens is 2. The van der Waals surface area contributed by atoms with Gasteiger partial charge in [-0.3, -0.25) is 0 Å². The van der Waals surface area contributed by atoms with E-state index in [0.29, 0.717) is 5.56 Å². The van der Waals surface area contributed by atoms with E-state index in [0.717, 1.165) is 27.9 Å². The van der Waals surface area contributed by atoms with Gasteiger partial charge in [0.05, 0.1) is 5.69 Å².